The van der Waals surface area contributed by atoms with E-state index in [9.17, 15) is 0 Å². The summed E-state index contributed by atoms with van der Waals surface area (Å²) in [6.07, 6.45) is 5.82. The second-order valence-electron chi connectivity index (χ2n) is 5.59. The second-order valence-corrected chi connectivity index (χ2v) is 8.00. The Bertz CT molecular complexity index is 246. The van der Waals surface area contributed by atoms with Crippen LogP contribution in [-0.2, 0) is 4.52 Å². The Kier molecular flexibility index (Phi) is 2.79. The zero-order valence-electron chi connectivity index (χ0n) is 9.85. The van der Waals surface area contributed by atoms with E-state index in [-0.39, 0.29) is 8.30 Å². The van der Waals surface area contributed by atoms with Crippen molar-refractivity contribution in [2.75, 3.05) is 13.2 Å². The van der Waals surface area contributed by atoms with Gasteiger partial charge in [0.2, 0.25) is 0 Å². The first-order valence-electron chi connectivity index (χ1n) is 6.46. The highest BCUT2D eigenvalue weighted by atomic mass is 31.2. The molecule has 0 aromatic carbocycles. The summed E-state index contributed by atoms with van der Waals surface area (Å²) >= 11 is 0. The Morgan fingerprint density at radius 2 is 2.07 bits per heavy atom. The molecule has 1 aliphatic carbocycles. The van der Waals surface area contributed by atoms with E-state index in [4.69, 9.17) is 4.52 Å². The highest BCUT2D eigenvalue weighted by molar-refractivity contribution is 7.50. The van der Waals surface area contributed by atoms with E-state index in [2.05, 4.69) is 18.5 Å². The first-order valence-corrected chi connectivity index (χ1v) is 7.74. The molecule has 3 heteroatoms. The lowest BCUT2D eigenvalue weighted by Crippen LogP contribution is -2.32. The molecule has 2 nitrogen and oxygen atoms in total. The largest absolute Gasteiger partial charge is 0.343 e. The van der Waals surface area contributed by atoms with Crippen molar-refractivity contribution in [2.24, 2.45) is 11.8 Å². The topological polar surface area (TPSA) is 12.5 Å². The van der Waals surface area contributed by atoms with E-state index in [0.717, 1.165) is 24.5 Å². The van der Waals surface area contributed by atoms with Crippen molar-refractivity contribution in [3.63, 3.8) is 0 Å². The molecule has 0 amide bonds. The predicted octanol–water partition coefficient (Wildman–Crippen LogP) is 3.23. The summed E-state index contributed by atoms with van der Waals surface area (Å²) in [5.74, 6) is 1.85. The Morgan fingerprint density at radius 1 is 1.27 bits per heavy atom. The molecule has 3 fully saturated rings. The van der Waals surface area contributed by atoms with Gasteiger partial charge in [-0.2, -0.15) is 0 Å². The summed E-state index contributed by atoms with van der Waals surface area (Å²) in [6, 6.07) is 0.889. The smallest absolute Gasteiger partial charge is 0.107 e. The number of nitrogens with zero attached hydrogens (tertiary/aromatic N) is 1. The fourth-order valence-electron chi connectivity index (χ4n) is 3.67. The average molecular weight is 227 g/mol. The molecule has 0 spiro atoms. The first-order chi connectivity index (χ1) is 7.27. The Hall–Kier alpha value is 0.350. The van der Waals surface area contributed by atoms with Crippen molar-refractivity contribution in [1.29, 1.82) is 0 Å². The maximum absolute atomic E-state index is 6.11. The Labute approximate surface area is 94.3 Å². The van der Waals surface area contributed by atoms with Gasteiger partial charge in [-0.1, -0.05) is 26.7 Å². The molecule has 0 aromatic heterocycles. The zero-order valence-corrected chi connectivity index (χ0v) is 10.7. The van der Waals surface area contributed by atoms with Crippen LogP contribution in [0, 0.1) is 11.8 Å². The van der Waals surface area contributed by atoms with Gasteiger partial charge >= 0.3 is 0 Å². The summed E-state index contributed by atoms with van der Waals surface area (Å²) < 4.78 is 8.86. The van der Waals surface area contributed by atoms with Gasteiger partial charge < -0.3 is 4.52 Å². The lowest BCUT2D eigenvalue weighted by Gasteiger charge is -2.37. The highest BCUT2D eigenvalue weighted by Crippen LogP contribution is 2.59. The van der Waals surface area contributed by atoms with Crippen molar-refractivity contribution in [1.82, 2.24) is 4.67 Å². The van der Waals surface area contributed by atoms with Crippen molar-refractivity contribution in [3.05, 3.63) is 0 Å². The zero-order chi connectivity index (χ0) is 10.4. The van der Waals surface area contributed by atoms with Crippen LogP contribution in [0.15, 0.2) is 0 Å². The van der Waals surface area contributed by atoms with Gasteiger partial charge in [-0.15, -0.1) is 0 Å². The van der Waals surface area contributed by atoms with Crippen molar-refractivity contribution in [2.45, 2.75) is 51.2 Å². The van der Waals surface area contributed by atoms with Gasteiger partial charge in [0, 0.05) is 24.2 Å². The molecule has 2 aliphatic heterocycles. The Morgan fingerprint density at radius 3 is 2.87 bits per heavy atom. The minimum Gasteiger partial charge on any atom is -0.343 e. The van der Waals surface area contributed by atoms with E-state index in [1.807, 2.05) is 0 Å². The standard InChI is InChI=1S/C12H22NOP/c1-9(2)15-13-7-10(8-14-15)11-5-3-4-6-12(11)13/h9-12H,3-8H2,1-2H3/t10-,11+,12?,15?/m0/s1. The van der Waals surface area contributed by atoms with E-state index in [1.165, 1.54) is 32.2 Å². The van der Waals surface area contributed by atoms with Crippen LogP contribution < -0.4 is 0 Å². The second kappa shape index (κ2) is 3.98. The van der Waals surface area contributed by atoms with Crippen molar-refractivity contribution < 1.29 is 4.52 Å². The summed E-state index contributed by atoms with van der Waals surface area (Å²) in [5, 5.41) is 0. The molecule has 86 valence electrons. The summed E-state index contributed by atoms with van der Waals surface area (Å²) in [7, 11) is -0.263. The quantitative estimate of drug-likeness (QED) is 0.638. The van der Waals surface area contributed by atoms with Crippen LogP contribution >= 0.6 is 8.30 Å². The van der Waals surface area contributed by atoms with E-state index >= 15 is 0 Å². The highest BCUT2D eigenvalue weighted by Gasteiger charge is 2.49. The van der Waals surface area contributed by atoms with Crippen LogP contribution in [0.1, 0.15) is 39.5 Å². The maximum atomic E-state index is 6.11. The summed E-state index contributed by atoms with van der Waals surface area (Å²) in [4.78, 5) is 0. The average Bonchev–Trinajstić information content (AvgIpc) is 2.54. The van der Waals surface area contributed by atoms with E-state index in [1.54, 1.807) is 0 Å². The molecule has 3 unspecified atom stereocenters. The van der Waals surface area contributed by atoms with Crippen molar-refractivity contribution >= 4 is 8.30 Å². The van der Waals surface area contributed by atoms with Crippen LogP contribution in [0.2, 0.25) is 0 Å². The van der Waals surface area contributed by atoms with Gasteiger partial charge in [-0.25, -0.2) is 0 Å². The molecular formula is C12H22NOP. The molecule has 0 radical (unpaired) electrons. The van der Waals surface area contributed by atoms with Crippen molar-refractivity contribution in [3.8, 4) is 0 Å². The number of rotatable bonds is 1. The van der Waals surface area contributed by atoms with Gasteiger partial charge in [-0.05, 0) is 18.8 Å². The first kappa shape index (κ1) is 10.5. The predicted molar refractivity (Wildman–Crippen MR) is 64.0 cm³/mol. The molecule has 2 bridgehead atoms. The van der Waals surface area contributed by atoms with Crippen LogP contribution in [0.25, 0.3) is 0 Å². The number of hydrogen-bond donors (Lipinski definition) is 0. The SMILES string of the molecule is CC(C)P1OC[C@@H]2CN1C1CCCC[C@@H]12. The minimum absolute atomic E-state index is 0.263. The van der Waals surface area contributed by atoms with Gasteiger partial charge in [0.25, 0.3) is 0 Å². The fourth-order valence-corrected chi connectivity index (χ4v) is 6.00. The fraction of sp³-hybridized carbons (Fsp3) is 1.00. The third kappa shape index (κ3) is 1.66. The Balaban J connectivity index is 1.81. The maximum Gasteiger partial charge on any atom is 0.107 e. The molecule has 0 N–H and O–H groups in total. The van der Waals surface area contributed by atoms with E-state index in [0.29, 0.717) is 5.66 Å². The molecule has 5 atom stereocenters. The molecular weight excluding hydrogens is 205 g/mol. The van der Waals surface area contributed by atoms with Crippen LogP contribution in [-0.4, -0.2) is 29.5 Å². The molecule has 2 heterocycles. The molecule has 2 saturated heterocycles. The molecule has 3 rings (SSSR count). The monoisotopic (exact) mass is 227 g/mol. The third-order valence-electron chi connectivity index (χ3n) is 4.31. The minimum atomic E-state index is -0.263. The lowest BCUT2D eigenvalue weighted by molar-refractivity contribution is 0.205. The van der Waals surface area contributed by atoms with E-state index < -0.39 is 0 Å². The number of hydrogen-bond acceptors (Lipinski definition) is 2. The molecule has 15 heavy (non-hydrogen) atoms. The summed E-state index contributed by atoms with van der Waals surface area (Å²) in [6.45, 7) is 7.05. The van der Waals surface area contributed by atoms with Gasteiger partial charge in [-0.3, -0.25) is 4.67 Å². The van der Waals surface area contributed by atoms with Crippen LogP contribution in [0.3, 0.4) is 0 Å². The molecule has 3 aliphatic rings. The molecule has 1 saturated carbocycles. The molecule has 0 aromatic rings. The number of fused-ring (bicyclic) bond motifs is 5. The van der Waals surface area contributed by atoms with Gasteiger partial charge in [0.15, 0.2) is 0 Å². The van der Waals surface area contributed by atoms with Gasteiger partial charge in [0.05, 0.1) is 6.61 Å². The van der Waals surface area contributed by atoms with Crippen LogP contribution in [0.4, 0.5) is 0 Å². The van der Waals surface area contributed by atoms with Crippen LogP contribution in [0.5, 0.6) is 0 Å². The third-order valence-corrected chi connectivity index (χ3v) is 6.57. The summed E-state index contributed by atoms with van der Waals surface area (Å²) in [5.41, 5.74) is 0.710. The van der Waals surface area contributed by atoms with Gasteiger partial charge in [0.1, 0.15) is 8.30 Å². The normalized spacial score (nSPS) is 49.4. The lowest BCUT2D eigenvalue weighted by atomic mass is 9.80.